The van der Waals surface area contributed by atoms with Crippen LogP contribution >= 0.6 is 0 Å². The fraction of sp³-hybridized carbons (Fsp3) is 0.966. The minimum absolute atomic E-state index is 0.00240. The van der Waals surface area contributed by atoms with Crippen molar-refractivity contribution in [1.82, 2.24) is 0 Å². The van der Waals surface area contributed by atoms with E-state index >= 15 is 0 Å². The number of carbonyl (C=O) groups is 1. The van der Waals surface area contributed by atoms with Gasteiger partial charge in [-0.3, -0.25) is 4.79 Å². The molecule has 5 aliphatic rings. The first-order valence-electron chi connectivity index (χ1n) is 14.0. The summed E-state index contributed by atoms with van der Waals surface area (Å²) in [6.07, 6.45) is 14.8. The predicted molar refractivity (Wildman–Crippen MR) is 128 cm³/mol. The van der Waals surface area contributed by atoms with E-state index in [4.69, 9.17) is 9.47 Å². The van der Waals surface area contributed by atoms with Crippen LogP contribution in [0, 0.1) is 46.3 Å². The number of epoxide rings is 1. The van der Waals surface area contributed by atoms with E-state index < -0.39 is 0 Å². The molecule has 1 saturated heterocycles. The van der Waals surface area contributed by atoms with Crippen molar-refractivity contribution in [3.05, 3.63) is 0 Å². The second-order valence-electron chi connectivity index (χ2n) is 13.5. The molecule has 0 amide bonds. The summed E-state index contributed by atoms with van der Waals surface area (Å²) in [5.41, 5.74) is 0.820. The Kier molecular flexibility index (Phi) is 5.79. The molecule has 0 bridgehead atoms. The maximum atomic E-state index is 11.6. The fourth-order valence-electron chi connectivity index (χ4n) is 10.00. The number of ether oxygens (including phenoxy) is 2. The van der Waals surface area contributed by atoms with Crippen molar-refractivity contribution in [1.29, 1.82) is 0 Å². The van der Waals surface area contributed by atoms with E-state index in [-0.39, 0.29) is 23.1 Å². The van der Waals surface area contributed by atoms with Gasteiger partial charge in [0, 0.05) is 18.8 Å². The van der Waals surface area contributed by atoms with Gasteiger partial charge in [-0.1, -0.05) is 53.9 Å². The lowest BCUT2D eigenvalue weighted by atomic mass is 9.44. The van der Waals surface area contributed by atoms with Gasteiger partial charge in [0.2, 0.25) is 0 Å². The molecule has 5 fully saturated rings. The molecule has 0 aromatic heterocycles. The molecule has 0 aromatic carbocycles. The van der Waals surface area contributed by atoms with Gasteiger partial charge in [0.1, 0.15) is 11.7 Å². The largest absolute Gasteiger partial charge is 0.462 e. The third kappa shape index (κ3) is 3.42. The van der Waals surface area contributed by atoms with Crippen molar-refractivity contribution in [2.24, 2.45) is 46.3 Å². The molecule has 32 heavy (non-hydrogen) atoms. The lowest BCUT2D eigenvalue weighted by Crippen LogP contribution is -2.59. The van der Waals surface area contributed by atoms with Gasteiger partial charge in [-0.2, -0.15) is 0 Å². The second-order valence-corrected chi connectivity index (χ2v) is 13.5. The molecule has 0 N–H and O–H groups in total. The Morgan fingerprint density at radius 3 is 2.53 bits per heavy atom. The summed E-state index contributed by atoms with van der Waals surface area (Å²) < 4.78 is 12.3. The molecule has 0 unspecified atom stereocenters. The third-order valence-corrected chi connectivity index (χ3v) is 11.6. The number of esters is 1. The van der Waals surface area contributed by atoms with Crippen LogP contribution in [0.4, 0.5) is 0 Å². The van der Waals surface area contributed by atoms with Crippen LogP contribution in [-0.2, 0) is 14.3 Å². The Labute approximate surface area is 196 Å². The highest BCUT2D eigenvalue weighted by Gasteiger charge is 2.76. The van der Waals surface area contributed by atoms with Crippen LogP contribution in [0.1, 0.15) is 112 Å². The van der Waals surface area contributed by atoms with Crippen LogP contribution < -0.4 is 0 Å². The zero-order chi connectivity index (χ0) is 22.9. The highest BCUT2D eigenvalue weighted by atomic mass is 16.6. The van der Waals surface area contributed by atoms with E-state index in [0.29, 0.717) is 11.5 Å². The SMILES string of the molecule is CC(=O)O[C@@H]1CC[C@]2(C)[C@@H]3CC[C@@]4(C)[C@H](CC[C@H]4[C@H](C)CCCC(C)C)[C@H]3C[C@@H]3O[C@@]32C1. The van der Waals surface area contributed by atoms with Gasteiger partial charge in [0.25, 0.3) is 0 Å². The molecule has 3 heteroatoms. The summed E-state index contributed by atoms with van der Waals surface area (Å²) in [7, 11) is 0. The lowest BCUT2D eigenvalue weighted by Gasteiger charge is -2.59. The number of hydrogen-bond acceptors (Lipinski definition) is 3. The van der Waals surface area contributed by atoms with Gasteiger partial charge in [0.15, 0.2) is 0 Å². The van der Waals surface area contributed by atoms with Gasteiger partial charge in [0.05, 0.1) is 6.10 Å². The average molecular weight is 445 g/mol. The maximum Gasteiger partial charge on any atom is 0.302 e. The first-order chi connectivity index (χ1) is 15.1. The summed E-state index contributed by atoms with van der Waals surface area (Å²) in [6.45, 7) is 14.1. The van der Waals surface area contributed by atoms with E-state index in [1.165, 1.54) is 57.8 Å². The summed E-state index contributed by atoms with van der Waals surface area (Å²) >= 11 is 0. The van der Waals surface area contributed by atoms with Gasteiger partial charge in [-0.15, -0.1) is 0 Å². The molecule has 10 atom stereocenters. The van der Waals surface area contributed by atoms with E-state index in [2.05, 4.69) is 34.6 Å². The quantitative estimate of drug-likeness (QED) is 0.322. The Hall–Kier alpha value is -0.570. The Balaban J connectivity index is 1.30. The third-order valence-electron chi connectivity index (χ3n) is 11.6. The highest BCUT2D eigenvalue weighted by Crippen LogP contribution is 2.74. The van der Waals surface area contributed by atoms with Crippen molar-refractivity contribution >= 4 is 5.97 Å². The first kappa shape index (κ1) is 23.2. The standard InChI is InChI=1S/C29H48O3/c1-18(2)8-7-9-19(3)23-10-11-24-22-16-26-29(32-26)17-21(31-20(4)30)12-15-28(29,6)25(22)13-14-27(23,24)5/h18-19,21-26H,7-17H2,1-6H3/t19-,21-,22-,23+,24-,25-,26+,27-,28-,29+/m1/s1. The highest BCUT2D eigenvalue weighted by molar-refractivity contribution is 5.66. The molecular formula is C29H48O3. The van der Waals surface area contributed by atoms with E-state index in [9.17, 15) is 4.79 Å². The van der Waals surface area contributed by atoms with Crippen LogP contribution in [0.25, 0.3) is 0 Å². The van der Waals surface area contributed by atoms with Crippen molar-refractivity contribution in [2.45, 2.75) is 130 Å². The van der Waals surface area contributed by atoms with Crippen molar-refractivity contribution in [3.8, 4) is 0 Å². The normalized spacial score (nSPS) is 50.1. The predicted octanol–water partition coefficient (Wildman–Crippen LogP) is 7.17. The summed E-state index contributed by atoms with van der Waals surface area (Å²) in [5.74, 6) is 5.03. The Morgan fingerprint density at radius 2 is 1.81 bits per heavy atom. The second kappa shape index (κ2) is 7.99. The monoisotopic (exact) mass is 444 g/mol. The summed E-state index contributed by atoms with van der Waals surface area (Å²) in [5, 5.41) is 0. The first-order valence-corrected chi connectivity index (χ1v) is 14.0. The zero-order valence-corrected chi connectivity index (χ0v) is 21.6. The number of hydrogen-bond donors (Lipinski definition) is 0. The average Bonchev–Trinajstić information content (AvgIpc) is 3.28. The van der Waals surface area contributed by atoms with Crippen LogP contribution in [0.5, 0.6) is 0 Å². The molecule has 5 rings (SSSR count). The van der Waals surface area contributed by atoms with E-state index in [1.807, 2.05) is 0 Å². The van der Waals surface area contributed by atoms with Crippen molar-refractivity contribution < 1.29 is 14.3 Å². The molecule has 0 radical (unpaired) electrons. The number of fused-ring (bicyclic) bond motifs is 4. The Morgan fingerprint density at radius 1 is 1.03 bits per heavy atom. The topological polar surface area (TPSA) is 38.8 Å². The summed E-state index contributed by atoms with van der Waals surface area (Å²) in [4.78, 5) is 11.6. The molecule has 182 valence electrons. The van der Waals surface area contributed by atoms with Gasteiger partial charge < -0.3 is 9.47 Å². The molecule has 1 heterocycles. The smallest absolute Gasteiger partial charge is 0.302 e. The molecule has 4 saturated carbocycles. The van der Waals surface area contributed by atoms with E-state index in [0.717, 1.165) is 48.3 Å². The molecule has 1 aliphatic heterocycles. The van der Waals surface area contributed by atoms with Crippen LogP contribution in [0.3, 0.4) is 0 Å². The van der Waals surface area contributed by atoms with E-state index in [1.54, 1.807) is 6.92 Å². The summed E-state index contributed by atoms with van der Waals surface area (Å²) in [6, 6.07) is 0. The lowest BCUT2D eigenvalue weighted by molar-refractivity contribution is -0.157. The van der Waals surface area contributed by atoms with Crippen LogP contribution in [0.2, 0.25) is 0 Å². The van der Waals surface area contributed by atoms with Gasteiger partial charge >= 0.3 is 5.97 Å². The molecule has 3 nitrogen and oxygen atoms in total. The molecular weight excluding hydrogens is 396 g/mol. The Bertz CT molecular complexity index is 732. The van der Waals surface area contributed by atoms with Gasteiger partial charge in [-0.25, -0.2) is 0 Å². The molecule has 0 aromatic rings. The minimum Gasteiger partial charge on any atom is -0.462 e. The molecule has 1 spiro atoms. The number of carbonyl (C=O) groups excluding carboxylic acids is 1. The zero-order valence-electron chi connectivity index (χ0n) is 21.6. The van der Waals surface area contributed by atoms with Crippen molar-refractivity contribution in [2.75, 3.05) is 0 Å². The van der Waals surface area contributed by atoms with Crippen LogP contribution in [0.15, 0.2) is 0 Å². The minimum atomic E-state index is -0.131. The number of rotatable bonds is 6. The maximum absolute atomic E-state index is 11.6. The van der Waals surface area contributed by atoms with Crippen LogP contribution in [-0.4, -0.2) is 23.8 Å². The fourth-order valence-corrected chi connectivity index (χ4v) is 10.00. The van der Waals surface area contributed by atoms with Crippen molar-refractivity contribution in [3.63, 3.8) is 0 Å². The van der Waals surface area contributed by atoms with Gasteiger partial charge in [-0.05, 0) is 85.9 Å². The molecule has 4 aliphatic carbocycles.